The fraction of sp³-hybridized carbons (Fsp3) is 0.846. The van der Waals surface area contributed by atoms with Crippen molar-refractivity contribution in [3.63, 3.8) is 0 Å². The molecule has 1 fully saturated rings. The van der Waals surface area contributed by atoms with Gasteiger partial charge in [-0.05, 0) is 32.1 Å². The lowest BCUT2D eigenvalue weighted by Gasteiger charge is -2.35. The van der Waals surface area contributed by atoms with Crippen molar-refractivity contribution in [3.8, 4) is 0 Å². The molecule has 1 rings (SSSR count). The van der Waals surface area contributed by atoms with Gasteiger partial charge in [0.25, 0.3) is 0 Å². The van der Waals surface area contributed by atoms with Crippen molar-refractivity contribution >= 4 is 11.8 Å². The summed E-state index contributed by atoms with van der Waals surface area (Å²) in [5, 5.41) is 0. The first-order chi connectivity index (χ1) is 7.92. The Morgan fingerprint density at radius 3 is 2.35 bits per heavy atom. The standard InChI is InChI=1S/C13H22O4/c1-9(2)10(12(15)16-4)11(14)13(3)7-5-6-8-17-13/h9-10H,5-8H2,1-4H3. The first-order valence-electron chi connectivity index (χ1n) is 6.18. The summed E-state index contributed by atoms with van der Waals surface area (Å²) in [5.41, 5.74) is -0.818. The van der Waals surface area contributed by atoms with Gasteiger partial charge in [-0.25, -0.2) is 0 Å². The molecule has 98 valence electrons. The third-order valence-corrected chi connectivity index (χ3v) is 3.39. The second kappa shape index (κ2) is 5.63. The van der Waals surface area contributed by atoms with E-state index >= 15 is 0 Å². The maximum absolute atomic E-state index is 12.4. The van der Waals surface area contributed by atoms with Crippen molar-refractivity contribution in [2.75, 3.05) is 13.7 Å². The zero-order valence-electron chi connectivity index (χ0n) is 11.1. The molecule has 0 aromatic rings. The predicted molar refractivity (Wildman–Crippen MR) is 63.6 cm³/mol. The molecule has 0 bridgehead atoms. The van der Waals surface area contributed by atoms with Crippen molar-refractivity contribution in [1.29, 1.82) is 0 Å². The Kier molecular flexibility index (Phi) is 4.69. The zero-order chi connectivity index (χ0) is 13.1. The SMILES string of the molecule is COC(=O)C(C(=O)C1(C)CCCCO1)C(C)C. The highest BCUT2D eigenvalue weighted by molar-refractivity contribution is 6.03. The third kappa shape index (κ3) is 3.06. The molecular weight excluding hydrogens is 220 g/mol. The number of hydrogen-bond acceptors (Lipinski definition) is 4. The number of carbonyl (C=O) groups is 2. The number of Topliss-reactive ketones (excluding diaryl/α,β-unsaturated/α-hetero) is 1. The smallest absolute Gasteiger partial charge is 0.316 e. The lowest BCUT2D eigenvalue weighted by molar-refractivity contribution is -0.164. The minimum absolute atomic E-state index is 0.0719. The minimum atomic E-state index is -0.818. The van der Waals surface area contributed by atoms with E-state index in [1.807, 2.05) is 13.8 Å². The van der Waals surface area contributed by atoms with Gasteiger partial charge in [0.05, 0.1) is 7.11 Å². The summed E-state index contributed by atoms with van der Waals surface area (Å²) in [6.45, 7) is 6.08. The van der Waals surface area contributed by atoms with Crippen LogP contribution >= 0.6 is 0 Å². The quantitative estimate of drug-likeness (QED) is 0.558. The fourth-order valence-electron chi connectivity index (χ4n) is 2.27. The number of rotatable bonds is 4. The van der Waals surface area contributed by atoms with Gasteiger partial charge in [-0.15, -0.1) is 0 Å². The lowest BCUT2D eigenvalue weighted by atomic mass is 9.80. The van der Waals surface area contributed by atoms with Gasteiger partial charge < -0.3 is 9.47 Å². The minimum Gasteiger partial charge on any atom is -0.468 e. The number of ketones is 1. The highest BCUT2D eigenvalue weighted by Crippen LogP contribution is 2.30. The molecule has 0 radical (unpaired) electrons. The Labute approximate surface area is 103 Å². The molecule has 0 spiro atoms. The van der Waals surface area contributed by atoms with Gasteiger partial charge >= 0.3 is 5.97 Å². The number of methoxy groups -OCH3 is 1. The van der Waals surface area contributed by atoms with E-state index in [4.69, 9.17) is 9.47 Å². The van der Waals surface area contributed by atoms with Crippen LogP contribution in [0.3, 0.4) is 0 Å². The van der Waals surface area contributed by atoms with Crippen LogP contribution in [0.25, 0.3) is 0 Å². The largest absolute Gasteiger partial charge is 0.468 e. The molecule has 0 saturated carbocycles. The monoisotopic (exact) mass is 242 g/mol. The summed E-state index contributed by atoms with van der Waals surface area (Å²) in [7, 11) is 1.31. The average molecular weight is 242 g/mol. The number of ether oxygens (including phenoxy) is 2. The van der Waals surface area contributed by atoms with Crippen LogP contribution in [-0.2, 0) is 19.1 Å². The average Bonchev–Trinajstić information content (AvgIpc) is 2.29. The molecule has 1 heterocycles. The van der Waals surface area contributed by atoms with Gasteiger partial charge in [0.2, 0.25) is 0 Å². The number of hydrogen-bond donors (Lipinski definition) is 0. The Morgan fingerprint density at radius 2 is 1.94 bits per heavy atom. The van der Waals surface area contributed by atoms with Crippen molar-refractivity contribution in [1.82, 2.24) is 0 Å². The Hall–Kier alpha value is -0.900. The molecule has 0 N–H and O–H groups in total. The Bertz CT molecular complexity index is 290. The molecule has 0 aliphatic carbocycles. The van der Waals surface area contributed by atoms with E-state index in [0.717, 1.165) is 12.8 Å². The highest BCUT2D eigenvalue weighted by atomic mass is 16.5. The van der Waals surface area contributed by atoms with Gasteiger partial charge in [0.1, 0.15) is 11.5 Å². The van der Waals surface area contributed by atoms with E-state index in [9.17, 15) is 9.59 Å². The maximum atomic E-state index is 12.4. The number of carbonyl (C=O) groups excluding carboxylic acids is 2. The second-order valence-corrected chi connectivity index (χ2v) is 5.15. The van der Waals surface area contributed by atoms with Crippen LogP contribution in [0.15, 0.2) is 0 Å². The van der Waals surface area contributed by atoms with Crippen molar-refractivity contribution in [3.05, 3.63) is 0 Å². The predicted octanol–water partition coefficient (Wildman–Crippen LogP) is 1.96. The summed E-state index contributed by atoms with van der Waals surface area (Å²) < 4.78 is 10.3. The topological polar surface area (TPSA) is 52.6 Å². The van der Waals surface area contributed by atoms with Crippen molar-refractivity contribution < 1.29 is 19.1 Å². The van der Waals surface area contributed by atoms with Crippen molar-refractivity contribution in [2.24, 2.45) is 11.8 Å². The molecule has 0 aromatic heterocycles. The third-order valence-electron chi connectivity index (χ3n) is 3.39. The van der Waals surface area contributed by atoms with Crippen LogP contribution in [-0.4, -0.2) is 31.1 Å². The van der Waals surface area contributed by atoms with Crippen molar-refractivity contribution in [2.45, 2.75) is 45.6 Å². The first-order valence-corrected chi connectivity index (χ1v) is 6.18. The van der Waals surface area contributed by atoms with Gasteiger partial charge in [-0.2, -0.15) is 0 Å². The molecule has 4 nitrogen and oxygen atoms in total. The van der Waals surface area contributed by atoms with E-state index in [1.54, 1.807) is 6.92 Å². The molecule has 0 amide bonds. The molecule has 1 saturated heterocycles. The Morgan fingerprint density at radius 1 is 1.29 bits per heavy atom. The van der Waals surface area contributed by atoms with Crippen LogP contribution in [0.2, 0.25) is 0 Å². The van der Waals surface area contributed by atoms with Gasteiger partial charge in [0, 0.05) is 6.61 Å². The maximum Gasteiger partial charge on any atom is 0.316 e. The molecule has 2 unspecified atom stereocenters. The molecule has 2 atom stereocenters. The van der Waals surface area contributed by atoms with Crippen LogP contribution in [0.4, 0.5) is 0 Å². The van der Waals surface area contributed by atoms with Crippen LogP contribution in [0.5, 0.6) is 0 Å². The van der Waals surface area contributed by atoms with E-state index in [-0.39, 0.29) is 11.7 Å². The molecule has 1 aliphatic rings. The van der Waals surface area contributed by atoms with Gasteiger partial charge in [-0.1, -0.05) is 13.8 Å². The molecule has 4 heteroatoms. The molecular formula is C13H22O4. The summed E-state index contributed by atoms with van der Waals surface area (Å²) in [5.74, 6) is -1.39. The summed E-state index contributed by atoms with van der Waals surface area (Å²) >= 11 is 0. The van der Waals surface area contributed by atoms with Crippen LogP contribution < -0.4 is 0 Å². The summed E-state index contributed by atoms with van der Waals surface area (Å²) in [6, 6.07) is 0. The van der Waals surface area contributed by atoms with E-state index in [1.165, 1.54) is 7.11 Å². The fourth-order valence-corrected chi connectivity index (χ4v) is 2.27. The van der Waals surface area contributed by atoms with Crippen LogP contribution in [0, 0.1) is 11.8 Å². The zero-order valence-corrected chi connectivity index (χ0v) is 11.1. The summed E-state index contributed by atoms with van der Waals surface area (Å²) in [4.78, 5) is 24.1. The normalized spacial score (nSPS) is 26.6. The van der Waals surface area contributed by atoms with E-state index in [2.05, 4.69) is 0 Å². The molecule has 0 aromatic carbocycles. The lowest BCUT2D eigenvalue weighted by Crippen LogP contribution is -2.48. The van der Waals surface area contributed by atoms with Gasteiger partial charge in [-0.3, -0.25) is 9.59 Å². The Balaban J connectivity index is 2.87. The molecule has 1 aliphatic heterocycles. The second-order valence-electron chi connectivity index (χ2n) is 5.15. The first kappa shape index (κ1) is 14.2. The van der Waals surface area contributed by atoms with E-state index in [0.29, 0.717) is 13.0 Å². The van der Waals surface area contributed by atoms with Gasteiger partial charge in [0.15, 0.2) is 5.78 Å². The van der Waals surface area contributed by atoms with Crippen LogP contribution in [0.1, 0.15) is 40.0 Å². The summed E-state index contributed by atoms with van der Waals surface area (Å²) in [6.07, 6.45) is 2.63. The van der Waals surface area contributed by atoms with E-state index < -0.39 is 17.5 Å². The molecule has 17 heavy (non-hydrogen) atoms. The number of esters is 1. The highest BCUT2D eigenvalue weighted by Gasteiger charge is 2.44.